The number of likely N-dealkylation sites (N-methyl/N-ethyl adjacent to an activating group) is 1. The maximum absolute atomic E-state index is 6.37. The van der Waals surface area contributed by atoms with Crippen LogP contribution in [0.5, 0.6) is 5.75 Å². The van der Waals surface area contributed by atoms with E-state index in [1.165, 1.54) is 6.42 Å². The van der Waals surface area contributed by atoms with Gasteiger partial charge in [0.15, 0.2) is 0 Å². The highest BCUT2D eigenvalue weighted by Crippen LogP contribution is 2.24. The van der Waals surface area contributed by atoms with Crippen LogP contribution in [-0.4, -0.2) is 31.1 Å². The van der Waals surface area contributed by atoms with Crippen molar-refractivity contribution in [1.29, 1.82) is 0 Å². The molecule has 0 aliphatic rings. The van der Waals surface area contributed by atoms with Crippen LogP contribution in [0.4, 0.5) is 0 Å². The van der Waals surface area contributed by atoms with E-state index in [2.05, 4.69) is 38.8 Å². The Balaban J connectivity index is 2.68. The fourth-order valence-electron chi connectivity index (χ4n) is 2.52. The Bertz CT molecular complexity index is 392. The van der Waals surface area contributed by atoms with E-state index in [0.29, 0.717) is 18.6 Å². The summed E-state index contributed by atoms with van der Waals surface area (Å²) in [6, 6.07) is 8.60. The van der Waals surface area contributed by atoms with Crippen LogP contribution in [-0.2, 0) is 0 Å². The zero-order valence-corrected chi connectivity index (χ0v) is 13.6. The molecule has 0 aromatic heterocycles. The lowest BCUT2D eigenvalue weighted by Crippen LogP contribution is -2.36. The summed E-state index contributed by atoms with van der Waals surface area (Å²) in [7, 11) is 2.15. The molecule has 1 aromatic carbocycles. The molecule has 0 spiro atoms. The van der Waals surface area contributed by atoms with Gasteiger partial charge in [0.25, 0.3) is 0 Å². The summed E-state index contributed by atoms with van der Waals surface area (Å²) in [5.41, 5.74) is 7.47. The van der Waals surface area contributed by atoms with Crippen molar-refractivity contribution in [3.05, 3.63) is 29.8 Å². The van der Waals surface area contributed by atoms with Crippen LogP contribution in [0.25, 0.3) is 0 Å². The van der Waals surface area contributed by atoms with Gasteiger partial charge in [0, 0.05) is 24.2 Å². The third kappa shape index (κ3) is 5.14. The minimum absolute atomic E-state index is 0.0163. The average Bonchev–Trinajstić information content (AvgIpc) is 2.38. The SMILES string of the molecule is CCOc1ccccc1C(N)CN(C)C(C)CC(C)C. The molecule has 0 fully saturated rings. The van der Waals surface area contributed by atoms with Crippen LogP contribution in [0.2, 0.25) is 0 Å². The van der Waals surface area contributed by atoms with E-state index < -0.39 is 0 Å². The number of ether oxygens (including phenoxy) is 1. The Kier molecular flexibility index (Phi) is 7.03. The molecule has 114 valence electrons. The van der Waals surface area contributed by atoms with Crippen LogP contribution in [0.3, 0.4) is 0 Å². The highest BCUT2D eigenvalue weighted by Gasteiger charge is 2.17. The lowest BCUT2D eigenvalue weighted by Gasteiger charge is -2.29. The van der Waals surface area contributed by atoms with Gasteiger partial charge in [-0.15, -0.1) is 0 Å². The van der Waals surface area contributed by atoms with Crippen LogP contribution in [0.1, 0.15) is 45.7 Å². The number of nitrogens with zero attached hydrogens (tertiary/aromatic N) is 1. The number of nitrogens with two attached hydrogens (primary N) is 1. The van der Waals surface area contributed by atoms with Crippen molar-refractivity contribution in [3.63, 3.8) is 0 Å². The molecule has 1 rings (SSSR count). The standard InChI is InChI=1S/C17H30N2O/c1-6-20-17-10-8-7-9-15(17)16(18)12-19(5)14(4)11-13(2)3/h7-10,13-14,16H,6,11-12,18H2,1-5H3. The quantitative estimate of drug-likeness (QED) is 0.791. The molecule has 3 nitrogen and oxygen atoms in total. The van der Waals surface area contributed by atoms with Crippen molar-refractivity contribution in [2.24, 2.45) is 11.7 Å². The van der Waals surface area contributed by atoms with Gasteiger partial charge in [0.2, 0.25) is 0 Å². The Morgan fingerprint density at radius 3 is 2.45 bits per heavy atom. The van der Waals surface area contributed by atoms with Gasteiger partial charge in [-0.2, -0.15) is 0 Å². The van der Waals surface area contributed by atoms with Gasteiger partial charge in [-0.25, -0.2) is 0 Å². The van der Waals surface area contributed by atoms with Gasteiger partial charge >= 0.3 is 0 Å². The molecule has 0 saturated carbocycles. The Labute approximate surface area is 124 Å². The van der Waals surface area contributed by atoms with Crippen LogP contribution >= 0.6 is 0 Å². The minimum Gasteiger partial charge on any atom is -0.494 e. The molecule has 0 bridgehead atoms. The number of benzene rings is 1. The first-order valence-corrected chi connectivity index (χ1v) is 7.63. The number of para-hydroxylation sites is 1. The predicted octanol–water partition coefficient (Wildman–Crippen LogP) is 3.45. The molecule has 3 heteroatoms. The van der Waals surface area contributed by atoms with E-state index in [9.17, 15) is 0 Å². The van der Waals surface area contributed by atoms with Crippen LogP contribution in [0.15, 0.2) is 24.3 Å². The molecule has 0 heterocycles. The maximum Gasteiger partial charge on any atom is 0.124 e. The Morgan fingerprint density at radius 1 is 1.20 bits per heavy atom. The van der Waals surface area contributed by atoms with E-state index in [0.717, 1.165) is 17.9 Å². The fraction of sp³-hybridized carbons (Fsp3) is 0.647. The molecular formula is C17H30N2O. The van der Waals surface area contributed by atoms with E-state index in [4.69, 9.17) is 10.5 Å². The lowest BCUT2D eigenvalue weighted by atomic mass is 10.0. The topological polar surface area (TPSA) is 38.5 Å². The average molecular weight is 278 g/mol. The largest absolute Gasteiger partial charge is 0.494 e. The van der Waals surface area contributed by atoms with Crippen LogP contribution in [0, 0.1) is 5.92 Å². The molecule has 0 aliphatic heterocycles. The molecule has 0 amide bonds. The fourth-order valence-corrected chi connectivity index (χ4v) is 2.52. The second kappa shape index (κ2) is 8.28. The first kappa shape index (κ1) is 17.0. The van der Waals surface area contributed by atoms with Crippen molar-refractivity contribution in [2.45, 2.75) is 46.2 Å². The first-order chi connectivity index (χ1) is 9.45. The molecule has 0 saturated heterocycles. The van der Waals surface area contributed by atoms with E-state index in [1.54, 1.807) is 0 Å². The zero-order chi connectivity index (χ0) is 15.1. The van der Waals surface area contributed by atoms with Crippen LogP contribution < -0.4 is 10.5 Å². The summed E-state index contributed by atoms with van der Waals surface area (Å²) in [6.07, 6.45) is 1.19. The molecule has 0 radical (unpaired) electrons. The smallest absolute Gasteiger partial charge is 0.124 e. The van der Waals surface area contributed by atoms with E-state index >= 15 is 0 Å². The third-order valence-corrected chi connectivity index (χ3v) is 3.67. The summed E-state index contributed by atoms with van der Waals surface area (Å²) in [6.45, 7) is 10.3. The van der Waals surface area contributed by atoms with Crippen molar-refractivity contribution in [2.75, 3.05) is 20.2 Å². The van der Waals surface area contributed by atoms with Gasteiger partial charge in [-0.05, 0) is 39.3 Å². The first-order valence-electron chi connectivity index (χ1n) is 7.63. The van der Waals surface area contributed by atoms with Gasteiger partial charge in [-0.3, -0.25) is 0 Å². The highest BCUT2D eigenvalue weighted by molar-refractivity contribution is 5.35. The number of hydrogen-bond donors (Lipinski definition) is 1. The number of rotatable bonds is 8. The Morgan fingerprint density at radius 2 is 1.85 bits per heavy atom. The second-order valence-corrected chi connectivity index (χ2v) is 6.00. The molecular weight excluding hydrogens is 248 g/mol. The Hall–Kier alpha value is -1.06. The van der Waals surface area contributed by atoms with E-state index in [-0.39, 0.29) is 6.04 Å². The van der Waals surface area contributed by atoms with Gasteiger partial charge in [0.1, 0.15) is 5.75 Å². The maximum atomic E-state index is 6.37. The molecule has 0 aliphatic carbocycles. The summed E-state index contributed by atoms with van der Waals surface area (Å²) < 4.78 is 5.67. The predicted molar refractivity (Wildman–Crippen MR) is 86.1 cm³/mol. The molecule has 2 unspecified atom stereocenters. The summed E-state index contributed by atoms with van der Waals surface area (Å²) in [5, 5.41) is 0. The molecule has 2 atom stereocenters. The monoisotopic (exact) mass is 278 g/mol. The summed E-state index contributed by atoms with van der Waals surface area (Å²) >= 11 is 0. The normalized spacial score (nSPS) is 14.6. The zero-order valence-electron chi connectivity index (χ0n) is 13.6. The number of hydrogen-bond acceptors (Lipinski definition) is 3. The van der Waals surface area contributed by atoms with Gasteiger partial charge < -0.3 is 15.4 Å². The molecule has 1 aromatic rings. The lowest BCUT2D eigenvalue weighted by molar-refractivity contribution is 0.214. The minimum atomic E-state index is -0.0163. The van der Waals surface area contributed by atoms with Crippen molar-refractivity contribution >= 4 is 0 Å². The second-order valence-electron chi connectivity index (χ2n) is 6.00. The van der Waals surface area contributed by atoms with Crippen molar-refractivity contribution in [1.82, 2.24) is 4.90 Å². The van der Waals surface area contributed by atoms with Crippen molar-refractivity contribution < 1.29 is 4.74 Å². The highest BCUT2D eigenvalue weighted by atomic mass is 16.5. The summed E-state index contributed by atoms with van der Waals surface area (Å²) in [5.74, 6) is 1.62. The molecule has 2 N–H and O–H groups in total. The van der Waals surface area contributed by atoms with Crippen molar-refractivity contribution in [3.8, 4) is 5.75 Å². The van der Waals surface area contributed by atoms with E-state index in [1.807, 2.05) is 25.1 Å². The third-order valence-electron chi connectivity index (χ3n) is 3.67. The molecule has 20 heavy (non-hydrogen) atoms. The van der Waals surface area contributed by atoms with Gasteiger partial charge in [-0.1, -0.05) is 32.0 Å². The van der Waals surface area contributed by atoms with Gasteiger partial charge in [0.05, 0.1) is 6.61 Å². The summed E-state index contributed by atoms with van der Waals surface area (Å²) in [4.78, 5) is 2.34.